The molecule has 7 nitrogen and oxygen atoms in total. The SMILES string of the molecule is CC(=O)NC1=NN(C(C)=O)C(C)(c2cc3cc4ccccc4cc3oc2=O)S1. The summed E-state index contributed by atoms with van der Waals surface area (Å²) in [5.74, 6) is -0.663. The van der Waals surface area contributed by atoms with Gasteiger partial charge in [-0.25, -0.2) is 9.80 Å². The number of rotatable bonds is 1. The van der Waals surface area contributed by atoms with E-state index < -0.39 is 10.5 Å². The fourth-order valence-electron chi connectivity index (χ4n) is 3.31. The van der Waals surface area contributed by atoms with E-state index in [1.54, 1.807) is 13.0 Å². The van der Waals surface area contributed by atoms with Crippen LogP contribution in [0.3, 0.4) is 0 Å². The smallest absolute Gasteiger partial charge is 0.342 e. The van der Waals surface area contributed by atoms with Crippen LogP contribution in [-0.2, 0) is 14.5 Å². The molecule has 1 aliphatic rings. The second-order valence-electron chi connectivity index (χ2n) is 6.69. The molecule has 0 saturated carbocycles. The van der Waals surface area contributed by atoms with Crippen molar-refractivity contribution < 1.29 is 14.0 Å². The molecule has 142 valence electrons. The fourth-order valence-corrected chi connectivity index (χ4v) is 4.51. The number of hydrogen-bond acceptors (Lipinski definition) is 6. The van der Waals surface area contributed by atoms with Gasteiger partial charge in [-0.3, -0.25) is 9.59 Å². The number of amides is 2. The molecule has 28 heavy (non-hydrogen) atoms. The molecule has 0 spiro atoms. The Morgan fingerprint density at radius 2 is 1.79 bits per heavy atom. The van der Waals surface area contributed by atoms with Gasteiger partial charge in [0.05, 0.1) is 5.56 Å². The molecule has 8 heteroatoms. The van der Waals surface area contributed by atoms with Crippen LogP contribution in [0, 0.1) is 0 Å². The minimum absolute atomic E-state index is 0.253. The average Bonchev–Trinajstić information content (AvgIpc) is 2.96. The van der Waals surface area contributed by atoms with Gasteiger partial charge in [-0.15, -0.1) is 5.10 Å². The lowest BCUT2D eigenvalue weighted by Crippen LogP contribution is -2.40. The Labute approximate surface area is 164 Å². The van der Waals surface area contributed by atoms with Crippen molar-refractivity contribution in [3.8, 4) is 0 Å². The zero-order valence-corrected chi connectivity index (χ0v) is 16.3. The Bertz CT molecular complexity index is 1230. The van der Waals surface area contributed by atoms with Crippen LogP contribution in [0.25, 0.3) is 21.7 Å². The Morgan fingerprint density at radius 3 is 2.43 bits per heavy atom. The topological polar surface area (TPSA) is 92.0 Å². The van der Waals surface area contributed by atoms with E-state index in [-0.39, 0.29) is 22.5 Å². The first-order valence-electron chi connectivity index (χ1n) is 8.61. The monoisotopic (exact) mass is 395 g/mol. The highest BCUT2D eigenvalue weighted by Gasteiger charge is 2.46. The molecule has 4 rings (SSSR count). The average molecular weight is 395 g/mol. The Kier molecular flexibility index (Phi) is 4.23. The molecule has 1 N–H and O–H groups in total. The summed E-state index contributed by atoms with van der Waals surface area (Å²) >= 11 is 1.12. The molecule has 0 radical (unpaired) electrons. The van der Waals surface area contributed by atoms with Crippen molar-refractivity contribution in [2.24, 2.45) is 5.10 Å². The maximum Gasteiger partial charge on any atom is 0.342 e. The number of fused-ring (bicyclic) bond motifs is 2. The number of nitrogens with zero attached hydrogens (tertiary/aromatic N) is 2. The van der Waals surface area contributed by atoms with Crippen LogP contribution < -0.4 is 10.9 Å². The number of benzene rings is 2. The summed E-state index contributed by atoms with van der Waals surface area (Å²) < 4.78 is 5.58. The first kappa shape index (κ1) is 18.2. The second-order valence-corrected chi connectivity index (χ2v) is 8.07. The molecule has 1 aliphatic heterocycles. The lowest BCUT2D eigenvalue weighted by Gasteiger charge is -2.29. The molecule has 1 atom stereocenters. The van der Waals surface area contributed by atoms with E-state index in [0.29, 0.717) is 5.58 Å². The summed E-state index contributed by atoms with van der Waals surface area (Å²) in [5, 5.41) is 10.9. The Morgan fingerprint density at radius 1 is 1.11 bits per heavy atom. The van der Waals surface area contributed by atoms with Crippen LogP contribution >= 0.6 is 11.8 Å². The van der Waals surface area contributed by atoms with Crippen molar-refractivity contribution in [3.63, 3.8) is 0 Å². The summed E-state index contributed by atoms with van der Waals surface area (Å²) in [6.45, 7) is 4.41. The number of hydrazone groups is 1. The summed E-state index contributed by atoms with van der Waals surface area (Å²) in [7, 11) is 0. The van der Waals surface area contributed by atoms with Gasteiger partial charge in [-0.05, 0) is 35.9 Å². The molecule has 2 heterocycles. The number of nitrogens with one attached hydrogen (secondary N) is 1. The largest absolute Gasteiger partial charge is 0.422 e. The van der Waals surface area contributed by atoms with Crippen LogP contribution in [0.15, 0.2) is 56.8 Å². The standard InChI is InChI=1S/C20H17N3O4S/c1-11(24)21-19-22-23(12(2)25)20(3,28-19)16-9-15-8-13-6-4-5-7-14(13)10-17(15)27-18(16)26/h4-10H,1-3H3,(H,21,22,24). The van der Waals surface area contributed by atoms with Crippen LogP contribution in [0.5, 0.6) is 0 Å². The van der Waals surface area contributed by atoms with Crippen molar-refractivity contribution in [3.05, 3.63) is 58.4 Å². The highest BCUT2D eigenvalue weighted by molar-refractivity contribution is 8.14. The molecule has 2 amide bonds. The van der Waals surface area contributed by atoms with Gasteiger partial charge < -0.3 is 9.73 Å². The molecular weight excluding hydrogens is 378 g/mol. The maximum absolute atomic E-state index is 12.8. The molecule has 0 aliphatic carbocycles. The number of hydrogen-bond donors (Lipinski definition) is 1. The highest BCUT2D eigenvalue weighted by Crippen LogP contribution is 2.44. The van der Waals surface area contributed by atoms with Crippen molar-refractivity contribution in [1.82, 2.24) is 10.3 Å². The minimum Gasteiger partial charge on any atom is -0.422 e. The zero-order valence-electron chi connectivity index (χ0n) is 15.5. The minimum atomic E-state index is -1.13. The summed E-state index contributed by atoms with van der Waals surface area (Å²) in [4.78, 5) is 35.2. The number of carbonyl (C=O) groups is 2. The van der Waals surface area contributed by atoms with Crippen molar-refractivity contribution in [2.45, 2.75) is 25.6 Å². The lowest BCUT2D eigenvalue weighted by molar-refractivity contribution is -0.131. The predicted octanol–water partition coefficient (Wildman–Crippen LogP) is 3.12. The van der Waals surface area contributed by atoms with Gasteiger partial charge in [0.15, 0.2) is 5.17 Å². The first-order chi connectivity index (χ1) is 13.3. The zero-order chi connectivity index (χ0) is 20.1. The van der Waals surface area contributed by atoms with Gasteiger partial charge in [0, 0.05) is 19.2 Å². The molecule has 0 fully saturated rings. The molecule has 1 unspecified atom stereocenters. The number of carbonyl (C=O) groups excluding carboxylic acids is 2. The Hall–Kier alpha value is -3.13. The van der Waals surface area contributed by atoms with Crippen LogP contribution in [-0.4, -0.2) is 22.0 Å². The van der Waals surface area contributed by atoms with Crippen LogP contribution in [0.4, 0.5) is 0 Å². The normalized spacial score (nSPS) is 19.1. The van der Waals surface area contributed by atoms with E-state index >= 15 is 0 Å². The van der Waals surface area contributed by atoms with Gasteiger partial charge in [0.1, 0.15) is 10.5 Å². The third kappa shape index (κ3) is 2.95. The van der Waals surface area contributed by atoms with Gasteiger partial charge in [-0.1, -0.05) is 36.0 Å². The van der Waals surface area contributed by atoms with Crippen LogP contribution in [0.2, 0.25) is 0 Å². The Balaban J connectivity index is 1.88. The van der Waals surface area contributed by atoms with Gasteiger partial charge in [0.2, 0.25) is 11.8 Å². The van der Waals surface area contributed by atoms with E-state index in [0.717, 1.165) is 27.9 Å². The van der Waals surface area contributed by atoms with E-state index in [1.807, 2.05) is 36.4 Å². The van der Waals surface area contributed by atoms with Gasteiger partial charge in [0.25, 0.3) is 0 Å². The quantitative estimate of drug-likeness (QED) is 0.505. The number of amidine groups is 1. The summed E-state index contributed by atoms with van der Waals surface area (Å²) in [5.41, 5.74) is 0.194. The second kappa shape index (κ2) is 6.49. The van der Waals surface area contributed by atoms with Gasteiger partial charge >= 0.3 is 5.63 Å². The molecule has 0 saturated heterocycles. The van der Waals surface area contributed by atoms with E-state index in [4.69, 9.17) is 4.42 Å². The molecule has 3 aromatic rings. The third-order valence-electron chi connectivity index (χ3n) is 4.57. The van der Waals surface area contributed by atoms with E-state index in [1.165, 1.54) is 18.9 Å². The highest BCUT2D eigenvalue weighted by atomic mass is 32.2. The van der Waals surface area contributed by atoms with Crippen molar-refractivity contribution in [2.75, 3.05) is 0 Å². The molecule has 0 bridgehead atoms. The van der Waals surface area contributed by atoms with Gasteiger partial charge in [-0.2, -0.15) is 0 Å². The third-order valence-corrected chi connectivity index (χ3v) is 5.74. The van der Waals surface area contributed by atoms with E-state index in [2.05, 4.69) is 10.4 Å². The van der Waals surface area contributed by atoms with Crippen molar-refractivity contribution >= 4 is 50.5 Å². The van der Waals surface area contributed by atoms with Crippen LogP contribution in [0.1, 0.15) is 26.3 Å². The first-order valence-corrected chi connectivity index (χ1v) is 9.43. The number of thioether (sulfide) groups is 1. The summed E-state index contributed by atoms with van der Waals surface area (Å²) in [6.07, 6.45) is 0. The lowest BCUT2D eigenvalue weighted by atomic mass is 10.0. The van der Waals surface area contributed by atoms with Crippen molar-refractivity contribution in [1.29, 1.82) is 0 Å². The van der Waals surface area contributed by atoms with E-state index in [9.17, 15) is 14.4 Å². The fraction of sp³-hybridized carbons (Fsp3) is 0.200. The maximum atomic E-state index is 12.8. The summed E-state index contributed by atoms with van der Waals surface area (Å²) in [6, 6.07) is 13.3. The molecule has 1 aromatic heterocycles. The molecule has 2 aromatic carbocycles. The molecular formula is C20H17N3O4S. The predicted molar refractivity (Wildman–Crippen MR) is 109 cm³/mol.